The van der Waals surface area contributed by atoms with E-state index < -0.39 is 0 Å². The van der Waals surface area contributed by atoms with Crippen LogP contribution in [0.2, 0.25) is 0 Å². The lowest BCUT2D eigenvalue weighted by Crippen LogP contribution is -2.16. The topological polar surface area (TPSA) is 48.1 Å². The number of ether oxygens (including phenoxy) is 1. The molecule has 0 aliphatic carbocycles. The van der Waals surface area contributed by atoms with Gasteiger partial charge in [0.25, 0.3) is 0 Å². The highest BCUT2D eigenvalue weighted by Crippen LogP contribution is 2.26. The highest BCUT2D eigenvalue weighted by molar-refractivity contribution is 7.10. The molecule has 0 aromatic carbocycles. The predicted molar refractivity (Wildman–Crippen MR) is 79.4 cm³/mol. The number of nitrogens with two attached hydrogens (primary N) is 1. The van der Waals surface area contributed by atoms with Crippen LogP contribution >= 0.6 is 11.3 Å². The van der Waals surface area contributed by atoms with Crippen molar-refractivity contribution in [2.75, 3.05) is 13.2 Å². The SMILES string of the molecule is Cc1ccsc1C(CN)OCCCc1ccncc1. The molecule has 1 atom stereocenters. The minimum absolute atomic E-state index is 0.0393. The van der Waals surface area contributed by atoms with Gasteiger partial charge in [-0.05, 0) is 54.5 Å². The van der Waals surface area contributed by atoms with Crippen LogP contribution in [0.15, 0.2) is 36.0 Å². The summed E-state index contributed by atoms with van der Waals surface area (Å²) in [6.07, 6.45) is 5.72. The summed E-state index contributed by atoms with van der Waals surface area (Å²) in [5.41, 5.74) is 8.37. The van der Waals surface area contributed by atoms with Crippen LogP contribution < -0.4 is 5.73 Å². The third-order valence-corrected chi connectivity index (χ3v) is 4.20. The summed E-state index contributed by atoms with van der Waals surface area (Å²) in [6, 6.07) is 6.21. The first-order chi connectivity index (χ1) is 9.31. The summed E-state index contributed by atoms with van der Waals surface area (Å²) in [7, 11) is 0. The standard InChI is InChI=1S/C15H20N2OS/c1-12-6-10-19-15(12)14(11-16)18-9-2-3-13-4-7-17-8-5-13/h4-8,10,14H,2-3,9,11,16H2,1H3. The van der Waals surface area contributed by atoms with Gasteiger partial charge in [0.1, 0.15) is 6.10 Å². The summed E-state index contributed by atoms with van der Waals surface area (Å²) >= 11 is 1.72. The number of pyridine rings is 1. The van der Waals surface area contributed by atoms with Gasteiger partial charge in [0.2, 0.25) is 0 Å². The van der Waals surface area contributed by atoms with Crippen LogP contribution in [0.25, 0.3) is 0 Å². The van der Waals surface area contributed by atoms with Crippen molar-refractivity contribution in [2.45, 2.75) is 25.9 Å². The Morgan fingerprint density at radius 2 is 2.11 bits per heavy atom. The molecule has 3 nitrogen and oxygen atoms in total. The highest BCUT2D eigenvalue weighted by Gasteiger charge is 2.13. The molecule has 0 spiro atoms. The molecule has 2 aromatic heterocycles. The third-order valence-electron chi connectivity index (χ3n) is 3.09. The number of rotatable bonds is 7. The van der Waals surface area contributed by atoms with E-state index in [1.54, 1.807) is 11.3 Å². The Balaban J connectivity index is 1.77. The van der Waals surface area contributed by atoms with Gasteiger partial charge in [-0.25, -0.2) is 0 Å². The predicted octanol–water partition coefficient (Wildman–Crippen LogP) is 3.10. The molecule has 0 amide bonds. The molecule has 102 valence electrons. The third kappa shape index (κ3) is 4.13. The maximum absolute atomic E-state index is 5.91. The molecule has 19 heavy (non-hydrogen) atoms. The Hall–Kier alpha value is -1.23. The molecule has 2 rings (SSSR count). The number of hydrogen-bond donors (Lipinski definition) is 1. The van der Waals surface area contributed by atoms with Gasteiger partial charge in [-0.2, -0.15) is 0 Å². The summed E-state index contributed by atoms with van der Waals surface area (Å²) in [4.78, 5) is 5.27. The van der Waals surface area contributed by atoms with Crippen molar-refractivity contribution in [3.8, 4) is 0 Å². The van der Waals surface area contributed by atoms with Gasteiger partial charge in [0.05, 0.1) is 0 Å². The average molecular weight is 276 g/mol. The highest BCUT2D eigenvalue weighted by atomic mass is 32.1. The summed E-state index contributed by atoms with van der Waals surface area (Å²) in [6.45, 7) is 3.38. The molecular formula is C15H20N2OS. The van der Waals surface area contributed by atoms with E-state index >= 15 is 0 Å². The quantitative estimate of drug-likeness (QED) is 0.790. The lowest BCUT2D eigenvalue weighted by molar-refractivity contribution is 0.0591. The Labute approximate surface area is 118 Å². The number of nitrogens with zero attached hydrogens (tertiary/aromatic N) is 1. The fourth-order valence-electron chi connectivity index (χ4n) is 2.02. The van der Waals surface area contributed by atoms with E-state index in [9.17, 15) is 0 Å². The number of thiophene rings is 1. The van der Waals surface area contributed by atoms with Gasteiger partial charge in [-0.3, -0.25) is 4.98 Å². The molecule has 2 heterocycles. The minimum Gasteiger partial charge on any atom is -0.371 e. The van der Waals surface area contributed by atoms with Crippen LogP contribution in [0.5, 0.6) is 0 Å². The van der Waals surface area contributed by atoms with Gasteiger partial charge in [0.15, 0.2) is 0 Å². The first kappa shape index (κ1) is 14.2. The van der Waals surface area contributed by atoms with Gasteiger partial charge in [0, 0.05) is 30.4 Å². The molecule has 0 radical (unpaired) electrons. The number of hydrogen-bond acceptors (Lipinski definition) is 4. The molecule has 0 bridgehead atoms. The molecule has 0 saturated carbocycles. The second-order valence-electron chi connectivity index (χ2n) is 4.52. The van der Waals surface area contributed by atoms with Crippen molar-refractivity contribution < 1.29 is 4.74 Å². The van der Waals surface area contributed by atoms with Crippen LogP contribution in [-0.4, -0.2) is 18.1 Å². The van der Waals surface area contributed by atoms with Gasteiger partial charge >= 0.3 is 0 Å². The molecule has 0 fully saturated rings. The van der Waals surface area contributed by atoms with Crippen molar-refractivity contribution in [2.24, 2.45) is 5.73 Å². The number of aryl methyl sites for hydroxylation is 2. The van der Waals surface area contributed by atoms with Crippen LogP contribution in [0, 0.1) is 6.92 Å². The normalized spacial score (nSPS) is 12.5. The Morgan fingerprint density at radius 3 is 2.74 bits per heavy atom. The van der Waals surface area contributed by atoms with Crippen LogP contribution in [-0.2, 0) is 11.2 Å². The van der Waals surface area contributed by atoms with E-state index in [-0.39, 0.29) is 6.10 Å². The summed E-state index contributed by atoms with van der Waals surface area (Å²) < 4.78 is 5.91. The fraction of sp³-hybridized carbons (Fsp3) is 0.400. The van der Waals surface area contributed by atoms with Crippen LogP contribution in [0.4, 0.5) is 0 Å². The van der Waals surface area contributed by atoms with Crippen LogP contribution in [0.1, 0.15) is 28.5 Å². The molecule has 4 heteroatoms. The van der Waals surface area contributed by atoms with E-state index in [2.05, 4.69) is 23.4 Å². The largest absolute Gasteiger partial charge is 0.371 e. The summed E-state index contributed by atoms with van der Waals surface area (Å²) in [5.74, 6) is 0. The molecule has 0 aliphatic heterocycles. The maximum Gasteiger partial charge on any atom is 0.104 e. The van der Waals surface area contributed by atoms with Crippen molar-refractivity contribution in [3.63, 3.8) is 0 Å². The van der Waals surface area contributed by atoms with Crippen molar-refractivity contribution in [1.29, 1.82) is 0 Å². The van der Waals surface area contributed by atoms with Crippen molar-refractivity contribution in [3.05, 3.63) is 52.0 Å². The molecule has 1 unspecified atom stereocenters. The molecule has 0 saturated heterocycles. The first-order valence-electron chi connectivity index (χ1n) is 6.56. The van der Waals surface area contributed by atoms with E-state index in [1.807, 2.05) is 24.5 Å². The number of aromatic nitrogens is 1. The van der Waals surface area contributed by atoms with Crippen LogP contribution in [0.3, 0.4) is 0 Å². The average Bonchev–Trinajstić information content (AvgIpc) is 2.86. The molecule has 2 aromatic rings. The van der Waals surface area contributed by atoms with E-state index in [0.29, 0.717) is 6.54 Å². The minimum atomic E-state index is 0.0393. The Morgan fingerprint density at radius 1 is 1.32 bits per heavy atom. The first-order valence-corrected chi connectivity index (χ1v) is 7.44. The fourth-order valence-corrected chi connectivity index (χ4v) is 3.01. The second kappa shape index (κ2) is 7.38. The van der Waals surface area contributed by atoms with Crippen molar-refractivity contribution in [1.82, 2.24) is 4.98 Å². The maximum atomic E-state index is 5.91. The monoisotopic (exact) mass is 276 g/mol. The van der Waals surface area contributed by atoms with Gasteiger partial charge < -0.3 is 10.5 Å². The summed E-state index contributed by atoms with van der Waals surface area (Å²) in [5, 5.41) is 2.09. The van der Waals surface area contributed by atoms with Crippen molar-refractivity contribution >= 4 is 11.3 Å². The lowest BCUT2D eigenvalue weighted by atomic mass is 10.1. The Bertz CT molecular complexity index is 484. The molecule has 0 aliphatic rings. The Kier molecular flexibility index (Phi) is 5.51. The molecule has 2 N–H and O–H groups in total. The van der Waals surface area contributed by atoms with Gasteiger partial charge in [-0.1, -0.05) is 0 Å². The lowest BCUT2D eigenvalue weighted by Gasteiger charge is -2.15. The van der Waals surface area contributed by atoms with E-state index in [1.165, 1.54) is 16.0 Å². The zero-order valence-electron chi connectivity index (χ0n) is 11.2. The molecular weight excluding hydrogens is 256 g/mol. The van der Waals surface area contributed by atoms with Gasteiger partial charge in [-0.15, -0.1) is 11.3 Å². The van der Waals surface area contributed by atoms with E-state index in [4.69, 9.17) is 10.5 Å². The van der Waals surface area contributed by atoms with E-state index in [0.717, 1.165) is 19.4 Å². The zero-order chi connectivity index (χ0) is 13.5. The zero-order valence-corrected chi connectivity index (χ0v) is 12.0. The second-order valence-corrected chi connectivity index (χ2v) is 5.47. The smallest absolute Gasteiger partial charge is 0.104 e.